The Morgan fingerprint density at radius 3 is 2.40 bits per heavy atom. The fraction of sp³-hybridized carbons (Fsp3) is 0.917. The Morgan fingerprint density at radius 2 is 1.87 bits per heavy atom. The third-order valence-corrected chi connectivity index (χ3v) is 2.33. The zero-order valence-electron chi connectivity index (χ0n) is 10.6. The van der Waals surface area contributed by atoms with E-state index in [-0.39, 0.29) is 12.1 Å². The van der Waals surface area contributed by atoms with Crippen molar-refractivity contribution in [2.75, 3.05) is 6.54 Å². The van der Waals surface area contributed by atoms with Crippen LogP contribution in [0.15, 0.2) is 0 Å². The summed E-state index contributed by atoms with van der Waals surface area (Å²) in [5.74, 6) is 0.756. The molecule has 0 aliphatic carbocycles. The van der Waals surface area contributed by atoms with Crippen molar-refractivity contribution >= 4 is 6.03 Å². The van der Waals surface area contributed by atoms with Gasteiger partial charge in [0, 0.05) is 12.6 Å². The molecule has 1 unspecified atom stereocenters. The summed E-state index contributed by atoms with van der Waals surface area (Å²) < 4.78 is 0. The van der Waals surface area contributed by atoms with Crippen LogP contribution < -0.4 is 10.6 Å². The molecule has 0 bridgehead atoms. The van der Waals surface area contributed by atoms with Crippen molar-refractivity contribution in [2.45, 2.75) is 59.4 Å². The summed E-state index contributed by atoms with van der Waals surface area (Å²) in [6.45, 7) is 9.32. The van der Waals surface area contributed by atoms with Crippen molar-refractivity contribution in [1.29, 1.82) is 0 Å². The highest BCUT2D eigenvalue weighted by Gasteiger charge is 2.06. The number of rotatable bonds is 7. The monoisotopic (exact) mass is 214 g/mol. The van der Waals surface area contributed by atoms with Crippen molar-refractivity contribution in [2.24, 2.45) is 5.92 Å². The molecule has 0 aromatic carbocycles. The van der Waals surface area contributed by atoms with E-state index < -0.39 is 0 Å². The zero-order chi connectivity index (χ0) is 11.7. The molecule has 0 aromatic rings. The van der Waals surface area contributed by atoms with E-state index in [2.05, 4.69) is 31.4 Å². The molecule has 0 aliphatic heterocycles. The van der Waals surface area contributed by atoms with E-state index in [0.717, 1.165) is 25.3 Å². The van der Waals surface area contributed by atoms with Gasteiger partial charge in [-0.2, -0.15) is 0 Å². The Bertz CT molecular complexity index is 169. The lowest BCUT2D eigenvalue weighted by atomic mass is 10.0. The predicted octanol–water partition coefficient (Wildman–Crippen LogP) is 2.91. The number of nitrogens with one attached hydrogen (secondary N) is 2. The van der Waals surface area contributed by atoms with Gasteiger partial charge in [0.05, 0.1) is 0 Å². The van der Waals surface area contributed by atoms with Gasteiger partial charge in [0.2, 0.25) is 0 Å². The molecular formula is C12H26N2O. The van der Waals surface area contributed by atoms with Gasteiger partial charge < -0.3 is 10.6 Å². The fourth-order valence-electron chi connectivity index (χ4n) is 1.42. The standard InChI is InChI=1S/C12H26N2O/c1-5-9-13-12(15)14-11(4)8-6-7-10(2)3/h10-11H,5-9H2,1-4H3,(H2,13,14,15). The molecule has 3 nitrogen and oxygen atoms in total. The molecule has 0 saturated carbocycles. The Morgan fingerprint density at radius 1 is 1.20 bits per heavy atom. The quantitative estimate of drug-likeness (QED) is 0.672. The van der Waals surface area contributed by atoms with Gasteiger partial charge in [-0.25, -0.2) is 4.79 Å². The van der Waals surface area contributed by atoms with E-state index in [9.17, 15) is 4.79 Å². The second-order valence-corrected chi connectivity index (χ2v) is 4.63. The smallest absolute Gasteiger partial charge is 0.314 e. The maximum Gasteiger partial charge on any atom is 0.314 e. The van der Waals surface area contributed by atoms with E-state index in [0.29, 0.717) is 0 Å². The SMILES string of the molecule is CCCNC(=O)NC(C)CCCC(C)C. The average Bonchev–Trinajstić information content (AvgIpc) is 2.14. The molecule has 0 fully saturated rings. The molecule has 15 heavy (non-hydrogen) atoms. The first-order valence-corrected chi connectivity index (χ1v) is 6.10. The Kier molecular flexibility index (Phi) is 8.15. The third-order valence-electron chi connectivity index (χ3n) is 2.33. The molecule has 0 radical (unpaired) electrons. The zero-order valence-corrected chi connectivity index (χ0v) is 10.6. The lowest BCUT2D eigenvalue weighted by Gasteiger charge is -2.14. The lowest BCUT2D eigenvalue weighted by molar-refractivity contribution is 0.237. The first-order valence-electron chi connectivity index (χ1n) is 6.10. The molecule has 0 aliphatic rings. The fourth-order valence-corrected chi connectivity index (χ4v) is 1.42. The van der Waals surface area contributed by atoms with Crippen LogP contribution in [0, 0.1) is 5.92 Å². The summed E-state index contributed by atoms with van der Waals surface area (Å²) in [6.07, 6.45) is 4.47. The number of amides is 2. The Hall–Kier alpha value is -0.730. The largest absolute Gasteiger partial charge is 0.338 e. The van der Waals surface area contributed by atoms with Gasteiger partial charge in [0.1, 0.15) is 0 Å². The van der Waals surface area contributed by atoms with Gasteiger partial charge in [-0.1, -0.05) is 33.6 Å². The van der Waals surface area contributed by atoms with Gasteiger partial charge in [0.25, 0.3) is 0 Å². The molecule has 3 heteroatoms. The average molecular weight is 214 g/mol. The van der Waals surface area contributed by atoms with E-state index in [4.69, 9.17) is 0 Å². The van der Waals surface area contributed by atoms with E-state index in [1.165, 1.54) is 12.8 Å². The van der Waals surface area contributed by atoms with Crippen LogP contribution in [0.4, 0.5) is 4.79 Å². The van der Waals surface area contributed by atoms with E-state index >= 15 is 0 Å². The molecule has 0 spiro atoms. The van der Waals surface area contributed by atoms with Crippen LogP contribution in [0.5, 0.6) is 0 Å². The summed E-state index contributed by atoms with van der Waals surface area (Å²) in [4.78, 5) is 11.3. The minimum absolute atomic E-state index is 0.0334. The van der Waals surface area contributed by atoms with Gasteiger partial charge in [-0.05, 0) is 25.7 Å². The number of carbonyl (C=O) groups is 1. The van der Waals surface area contributed by atoms with Crippen molar-refractivity contribution in [3.8, 4) is 0 Å². The van der Waals surface area contributed by atoms with Crippen molar-refractivity contribution in [3.05, 3.63) is 0 Å². The molecule has 2 amide bonds. The molecule has 0 saturated heterocycles. The first kappa shape index (κ1) is 14.3. The maximum atomic E-state index is 11.3. The minimum atomic E-state index is -0.0334. The number of hydrogen-bond acceptors (Lipinski definition) is 1. The van der Waals surface area contributed by atoms with Gasteiger partial charge in [-0.3, -0.25) is 0 Å². The van der Waals surface area contributed by atoms with Gasteiger partial charge in [-0.15, -0.1) is 0 Å². The number of urea groups is 1. The highest BCUT2D eigenvalue weighted by Crippen LogP contribution is 2.07. The van der Waals surface area contributed by atoms with Gasteiger partial charge >= 0.3 is 6.03 Å². The van der Waals surface area contributed by atoms with Crippen LogP contribution in [0.1, 0.15) is 53.4 Å². The van der Waals surface area contributed by atoms with Crippen LogP contribution in [-0.2, 0) is 0 Å². The second kappa shape index (κ2) is 8.57. The highest BCUT2D eigenvalue weighted by molar-refractivity contribution is 5.74. The van der Waals surface area contributed by atoms with E-state index in [1.54, 1.807) is 0 Å². The van der Waals surface area contributed by atoms with Crippen molar-refractivity contribution in [1.82, 2.24) is 10.6 Å². The summed E-state index contributed by atoms with van der Waals surface area (Å²) in [7, 11) is 0. The molecule has 0 heterocycles. The van der Waals surface area contributed by atoms with Crippen molar-refractivity contribution < 1.29 is 4.79 Å². The Labute approximate surface area is 94.0 Å². The normalized spacial score (nSPS) is 12.6. The summed E-state index contributed by atoms with van der Waals surface area (Å²) in [5, 5.41) is 5.75. The first-order chi connectivity index (χ1) is 7.06. The van der Waals surface area contributed by atoms with Crippen LogP contribution in [0.25, 0.3) is 0 Å². The minimum Gasteiger partial charge on any atom is -0.338 e. The second-order valence-electron chi connectivity index (χ2n) is 4.63. The third kappa shape index (κ3) is 9.57. The molecular weight excluding hydrogens is 188 g/mol. The number of hydrogen-bond donors (Lipinski definition) is 2. The Balaban J connectivity index is 3.46. The summed E-state index contributed by atoms with van der Waals surface area (Å²) >= 11 is 0. The highest BCUT2D eigenvalue weighted by atomic mass is 16.2. The lowest BCUT2D eigenvalue weighted by Crippen LogP contribution is -2.40. The summed E-state index contributed by atoms with van der Waals surface area (Å²) in [6, 6.07) is 0.245. The van der Waals surface area contributed by atoms with Gasteiger partial charge in [0.15, 0.2) is 0 Å². The molecule has 0 rings (SSSR count). The van der Waals surface area contributed by atoms with Crippen LogP contribution in [0.3, 0.4) is 0 Å². The topological polar surface area (TPSA) is 41.1 Å². The predicted molar refractivity (Wildman–Crippen MR) is 65.0 cm³/mol. The molecule has 90 valence electrons. The van der Waals surface area contributed by atoms with Crippen LogP contribution in [-0.4, -0.2) is 18.6 Å². The number of carbonyl (C=O) groups excluding carboxylic acids is 1. The van der Waals surface area contributed by atoms with Crippen LogP contribution >= 0.6 is 0 Å². The molecule has 2 N–H and O–H groups in total. The summed E-state index contributed by atoms with van der Waals surface area (Å²) in [5.41, 5.74) is 0. The maximum absolute atomic E-state index is 11.3. The van der Waals surface area contributed by atoms with E-state index in [1.807, 2.05) is 6.92 Å². The van der Waals surface area contributed by atoms with Crippen LogP contribution in [0.2, 0.25) is 0 Å². The molecule has 0 aromatic heterocycles. The van der Waals surface area contributed by atoms with Crippen molar-refractivity contribution in [3.63, 3.8) is 0 Å². The molecule has 1 atom stereocenters.